The molecule has 1 heterocycles. The second-order valence-electron chi connectivity index (χ2n) is 4.29. The fourth-order valence-electron chi connectivity index (χ4n) is 1.85. The smallest absolute Gasteiger partial charge is 0.243 e. The number of halogens is 2. The van der Waals surface area contributed by atoms with E-state index >= 15 is 0 Å². The van der Waals surface area contributed by atoms with Crippen molar-refractivity contribution in [2.75, 3.05) is 0 Å². The number of carbonyl (C=O) groups excluding carboxylic acids is 2. The predicted molar refractivity (Wildman–Crippen MR) is 76.5 cm³/mol. The summed E-state index contributed by atoms with van der Waals surface area (Å²) < 4.78 is 1.17. The number of carbonyl (C=O) groups is 2. The van der Waals surface area contributed by atoms with E-state index in [1.165, 1.54) is 0 Å². The van der Waals surface area contributed by atoms with Crippen LogP contribution in [-0.2, 0) is 16.1 Å². The van der Waals surface area contributed by atoms with Gasteiger partial charge in [0.15, 0.2) is 0 Å². The Hall–Kier alpha value is -0.920. The van der Waals surface area contributed by atoms with Gasteiger partial charge < -0.3 is 10.4 Å². The van der Waals surface area contributed by atoms with Crippen LogP contribution >= 0.6 is 31.9 Å². The van der Waals surface area contributed by atoms with Crippen molar-refractivity contribution >= 4 is 43.7 Å². The number of imide groups is 1. The minimum Gasteiger partial charge on any atom is -0.506 e. The van der Waals surface area contributed by atoms with Gasteiger partial charge in [0, 0.05) is 13.0 Å². The lowest BCUT2D eigenvalue weighted by atomic mass is 10.1. The van der Waals surface area contributed by atoms with Crippen LogP contribution in [0.5, 0.6) is 5.75 Å². The molecular weight excluding hydrogens is 380 g/mol. The van der Waals surface area contributed by atoms with Gasteiger partial charge in [-0.2, -0.15) is 0 Å². The normalized spacial score (nSPS) is 19.4. The first-order chi connectivity index (χ1) is 8.97. The highest BCUT2D eigenvalue weighted by atomic mass is 79.9. The number of hydrogen-bond acceptors (Lipinski definition) is 4. The van der Waals surface area contributed by atoms with E-state index in [1.807, 2.05) is 0 Å². The van der Waals surface area contributed by atoms with Crippen LogP contribution in [0.25, 0.3) is 0 Å². The summed E-state index contributed by atoms with van der Waals surface area (Å²) in [7, 11) is 0. The summed E-state index contributed by atoms with van der Waals surface area (Å²) in [5.74, 6) is -0.365. The maximum Gasteiger partial charge on any atom is 0.243 e. The molecule has 19 heavy (non-hydrogen) atoms. The Balaban J connectivity index is 1.99. The number of rotatable bonds is 3. The van der Waals surface area contributed by atoms with Gasteiger partial charge in [-0.05, 0) is 56.0 Å². The maximum atomic E-state index is 11.6. The Morgan fingerprint density at radius 1 is 1.32 bits per heavy atom. The lowest BCUT2D eigenvalue weighted by Crippen LogP contribution is -2.50. The molecule has 3 N–H and O–H groups in total. The van der Waals surface area contributed by atoms with E-state index < -0.39 is 0 Å². The molecule has 0 aliphatic carbocycles. The van der Waals surface area contributed by atoms with Crippen molar-refractivity contribution < 1.29 is 14.7 Å². The molecule has 1 fully saturated rings. The third kappa shape index (κ3) is 3.55. The summed E-state index contributed by atoms with van der Waals surface area (Å²) in [5, 5.41) is 15.0. The summed E-state index contributed by atoms with van der Waals surface area (Å²) in [6, 6.07) is 3.20. The molecule has 1 aliphatic rings. The highest BCUT2D eigenvalue weighted by molar-refractivity contribution is 9.11. The standard InChI is InChI=1S/C12H12Br2N2O3/c13-7-3-6(4-8(14)11(7)18)5-15-9-1-2-10(17)16-12(9)19/h3-4,9,15,18H,1-2,5H2,(H,16,17,19). The van der Waals surface area contributed by atoms with Crippen molar-refractivity contribution in [1.29, 1.82) is 0 Å². The first-order valence-electron chi connectivity index (χ1n) is 5.71. The molecule has 102 valence electrons. The van der Waals surface area contributed by atoms with Crippen LogP contribution < -0.4 is 10.6 Å². The number of benzene rings is 1. The van der Waals surface area contributed by atoms with Crippen molar-refractivity contribution in [3.8, 4) is 5.75 Å². The van der Waals surface area contributed by atoms with Crippen LogP contribution in [0.4, 0.5) is 0 Å². The monoisotopic (exact) mass is 390 g/mol. The van der Waals surface area contributed by atoms with E-state index in [0.717, 1.165) is 5.56 Å². The second kappa shape index (κ2) is 6.02. The molecule has 1 aromatic carbocycles. The van der Waals surface area contributed by atoms with Gasteiger partial charge in [0.05, 0.1) is 15.0 Å². The van der Waals surface area contributed by atoms with E-state index in [-0.39, 0.29) is 23.6 Å². The van der Waals surface area contributed by atoms with E-state index in [0.29, 0.717) is 28.3 Å². The fraction of sp³-hybridized carbons (Fsp3) is 0.333. The molecule has 2 amide bonds. The number of piperidine rings is 1. The molecule has 0 spiro atoms. The average Bonchev–Trinajstić information content (AvgIpc) is 2.34. The summed E-state index contributed by atoms with van der Waals surface area (Å²) in [6.07, 6.45) is 0.859. The van der Waals surface area contributed by atoms with Crippen LogP contribution in [0.1, 0.15) is 18.4 Å². The minimum absolute atomic E-state index is 0.143. The van der Waals surface area contributed by atoms with Crippen LogP contribution in [0.2, 0.25) is 0 Å². The van der Waals surface area contributed by atoms with Crippen LogP contribution in [0.3, 0.4) is 0 Å². The molecule has 0 aromatic heterocycles. The zero-order valence-electron chi connectivity index (χ0n) is 9.87. The summed E-state index contributed by atoms with van der Waals surface area (Å²) in [6.45, 7) is 0.476. The van der Waals surface area contributed by atoms with Crippen molar-refractivity contribution in [2.45, 2.75) is 25.4 Å². The Morgan fingerprint density at radius 2 is 1.95 bits per heavy atom. The van der Waals surface area contributed by atoms with Gasteiger partial charge in [-0.1, -0.05) is 0 Å². The first-order valence-corrected chi connectivity index (χ1v) is 7.30. The third-order valence-corrected chi connectivity index (χ3v) is 4.08. The molecule has 1 atom stereocenters. The first kappa shape index (κ1) is 14.5. The van der Waals surface area contributed by atoms with Gasteiger partial charge in [-0.25, -0.2) is 0 Å². The fourth-order valence-corrected chi connectivity index (χ4v) is 3.13. The molecule has 1 aromatic rings. The lowest BCUT2D eigenvalue weighted by molar-refractivity contribution is -0.134. The van der Waals surface area contributed by atoms with Gasteiger partial charge >= 0.3 is 0 Å². The number of phenols is 1. The lowest BCUT2D eigenvalue weighted by Gasteiger charge is -2.22. The number of phenolic OH excluding ortho intramolecular Hbond substituents is 1. The van der Waals surface area contributed by atoms with Crippen LogP contribution in [-0.4, -0.2) is 23.0 Å². The van der Waals surface area contributed by atoms with Gasteiger partial charge in [0.1, 0.15) is 5.75 Å². The summed E-state index contributed by atoms with van der Waals surface area (Å²) in [5.41, 5.74) is 0.918. The van der Waals surface area contributed by atoms with E-state index in [1.54, 1.807) is 12.1 Å². The van der Waals surface area contributed by atoms with Gasteiger partial charge in [0.25, 0.3) is 0 Å². The van der Waals surface area contributed by atoms with Crippen LogP contribution in [0, 0.1) is 0 Å². The SMILES string of the molecule is O=C1CCC(NCc2cc(Br)c(O)c(Br)c2)C(=O)N1. The largest absolute Gasteiger partial charge is 0.506 e. The summed E-state index contributed by atoms with van der Waals surface area (Å²) in [4.78, 5) is 22.6. The quantitative estimate of drug-likeness (QED) is 0.686. The molecule has 0 saturated carbocycles. The average molecular weight is 392 g/mol. The van der Waals surface area contributed by atoms with Gasteiger partial charge in [-0.3, -0.25) is 14.9 Å². The van der Waals surface area contributed by atoms with Gasteiger partial charge in [-0.15, -0.1) is 0 Å². The van der Waals surface area contributed by atoms with Crippen molar-refractivity contribution in [2.24, 2.45) is 0 Å². The molecule has 0 bridgehead atoms. The van der Waals surface area contributed by atoms with Crippen molar-refractivity contribution in [1.82, 2.24) is 10.6 Å². The van der Waals surface area contributed by atoms with Gasteiger partial charge in [0.2, 0.25) is 11.8 Å². The number of hydrogen-bond donors (Lipinski definition) is 3. The van der Waals surface area contributed by atoms with E-state index in [9.17, 15) is 14.7 Å². The molecule has 1 unspecified atom stereocenters. The number of aromatic hydroxyl groups is 1. The minimum atomic E-state index is -0.357. The Kier molecular flexibility index (Phi) is 4.59. The molecule has 1 aliphatic heterocycles. The zero-order valence-corrected chi connectivity index (χ0v) is 13.0. The Bertz CT molecular complexity index is 511. The van der Waals surface area contributed by atoms with E-state index in [4.69, 9.17) is 0 Å². The Labute approximate surface area is 127 Å². The molecule has 7 heteroatoms. The number of nitrogens with one attached hydrogen (secondary N) is 2. The summed E-state index contributed by atoms with van der Waals surface area (Å²) >= 11 is 6.50. The molecule has 5 nitrogen and oxygen atoms in total. The molecule has 1 saturated heterocycles. The highest BCUT2D eigenvalue weighted by Gasteiger charge is 2.25. The van der Waals surface area contributed by atoms with Crippen LogP contribution in [0.15, 0.2) is 21.1 Å². The maximum absolute atomic E-state index is 11.6. The second-order valence-corrected chi connectivity index (χ2v) is 6.00. The molecule has 2 rings (SSSR count). The van der Waals surface area contributed by atoms with Crippen molar-refractivity contribution in [3.63, 3.8) is 0 Å². The number of amides is 2. The van der Waals surface area contributed by atoms with Crippen molar-refractivity contribution in [3.05, 3.63) is 26.6 Å². The predicted octanol–water partition coefficient (Wildman–Crippen LogP) is 1.81. The Morgan fingerprint density at radius 3 is 2.53 bits per heavy atom. The molecule has 0 radical (unpaired) electrons. The highest BCUT2D eigenvalue weighted by Crippen LogP contribution is 2.33. The van der Waals surface area contributed by atoms with E-state index in [2.05, 4.69) is 42.5 Å². The third-order valence-electron chi connectivity index (χ3n) is 2.87. The topological polar surface area (TPSA) is 78.4 Å². The zero-order chi connectivity index (χ0) is 14.0. The molecular formula is C12H12Br2N2O3.